The van der Waals surface area contributed by atoms with Crippen LogP contribution in [0.5, 0.6) is 11.5 Å². The lowest BCUT2D eigenvalue weighted by molar-refractivity contribution is 0.198. The summed E-state index contributed by atoms with van der Waals surface area (Å²) in [6.07, 6.45) is 1.05. The number of hydrogen-bond donors (Lipinski definition) is 1. The van der Waals surface area contributed by atoms with Gasteiger partial charge in [-0.15, -0.1) is 0 Å². The normalized spacial score (nSPS) is 13.1. The fourth-order valence-corrected chi connectivity index (χ4v) is 2.21. The minimum Gasteiger partial charge on any atom is -0.493 e. The van der Waals surface area contributed by atoms with Crippen LogP contribution in [0.2, 0.25) is 0 Å². The molecular formula is C13H20O5S. The number of sulfone groups is 1. The number of benzene rings is 1. The second kappa shape index (κ2) is 6.77. The Hall–Kier alpha value is -1.27. The average Bonchev–Trinajstić information content (AvgIpc) is 2.33. The third-order valence-corrected chi connectivity index (χ3v) is 3.62. The molecule has 1 atom stereocenters. The van der Waals surface area contributed by atoms with Gasteiger partial charge < -0.3 is 14.6 Å². The summed E-state index contributed by atoms with van der Waals surface area (Å²) >= 11 is 0. The minimum atomic E-state index is -2.96. The average molecular weight is 288 g/mol. The summed E-state index contributed by atoms with van der Waals surface area (Å²) in [5, 5.41) is 9.48. The van der Waals surface area contributed by atoms with Crippen LogP contribution in [0.15, 0.2) is 18.2 Å². The van der Waals surface area contributed by atoms with Crippen molar-refractivity contribution in [1.82, 2.24) is 0 Å². The maximum Gasteiger partial charge on any atom is 0.161 e. The van der Waals surface area contributed by atoms with Gasteiger partial charge >= 0.3 is 0 Å². The standard InChI is InChI=1S/C13H20O5S/c1-10(14)11-5-6-12(13(9-11)17-2)18-7-4-8-19(3,15)16/h5-6,9-10,14H,4,7-8H2,1-3H3. The van der Waals surface area contributed by atoms with E-state index in [1.54, 1.807) is 25.1 Å². The smallest absolute Gasteiger partial charge is 0.161 e. The molecule has 0 radical (unpaired) electrons. The van der Waals surface area contributed by atoms with Gasteiger partial charge in [-0.25, -0.2) is 8.42 Å². The van der Waals surface area contributed by atoms with Gasteiger partial charge in [-0.2, -0.15) is 0 Å². The largest absolute Gasteiger partial charge is 0.493 e. The molecular weight excluding hydrogens is 268 g/mol. The summed E-state index contributed by atoms with van der Waals surface area (Å²) in [6.45, 7) is 1.97. The first-order chi connectivity index (χ1) is 8.83. The van der Waals surface area contributed by atoms with Crippen LogP contribution in [-0.4, -0.2) is 39.2 Å². The lowest BCUT2D eigenvalue weighted by atomic mass is 10.1. The molecule has 5 nitrogen and oxygen atoms in total. The Morgan fingerprint density at radius 1 is 1.32 bits per heavy atom. The van der Waals surface area contributed by atoms with Crippen molar-refractivity contribution in [2.45, 2.75) is 19.4 Å². The van der Waals surface area contributed by atoms with E-state index in [4.69, 9.17) is 9.47 Å². The molecule has 0 spiro atoms. The Morgan fingerprint density at radius 2 is 2.00 bits per heavy atom. The third-order valence-electron chi connectivity index (χ3n) is 2.59. The zero-order valence-corrected chi connectivity index (χ0v) is 12.2. The monoisotopic (exact) mass is 288 g/mol. The Bertz CT molecular complexity index is 508. The Labute approximate surface area is 114 Å². The quantitative estimate of drug-likeness (QED) is 0.771. The predicted molar refractivity (Wildman–Crippen MR) is 73.5 cm³/mol. The van der Waals surface area contributed by atoms with Gasteiger partial charge in [0.2, 0.25) is 0 Å². The van der Waals surface area contributed by atoms with Gasteiger partial charge in [-0.3, -0.25) is 0 Å². The van der Waals surface area contributed by atoms with Gasteiger partial charge in [0.1, 0.15) is 9.84 Å². The van der Waals surface area contributed by atoms with Crippen molar-refractivity contribution in [2.75, 3.05) is 25.7 Å². The minimum absolute atomic E-state index is 0.0983. The van der Waals surface area contributed by atoms with Crippen molar-refractivity contribution in [1.29, 1.82) is 0 Å². The second-order valence-corrected chi connectivity index (χ2v) is 6.68. The van der Waals surface area contributed by atoms with E-state index in [0.29, 0.717) is 24.5 Å². The molecule has 0 fully saturated rings. The molecule has 1 aromatic rings. The van der Waals surface area contributed by atoms with Crippen LogP contribution in [0.1, 0.15) is 25.0 Å². The number of aliphatic hydroxyl groups is 1. The molecule has 0 bridgehead atoms. The molecule has 0 amide bonds. The van der Waals surface area contributed by atoms with E-state index in [0.717, 1.165) is 5.56 Å². The Morgan fingerprint density at radius 3 is 2.53 bits per heavy atom. The van der Waals surface area contributed by atoms with Crippen molar-refractivity contribution < 1.29 is 23.0 Å². The number of rotatable bonds is 7. The van der Waals surface area contributed by atoms with E-state index in [9.17, 15) is 13.5 Å². The zero-order chi connectivity index (χ0) is 14.5. The Balaban J connectivity index is 2.63. The molecule has 0 heterocycles. The highest BCUT2D eigenvalue weighted by Crippen LogP contribution is 2.30. The predicted octanol–water partition coefficient (Wildman–Crippen LogP) is 1.56. The van der Waals surface area contributed by atoms with Crippen LogP contribution in [0, 0.1) is 0 Å². The van der Waals surface area contributed by atoms with Crippen LogP contribution in [-0.2, 0) is 9.84 Å². The summed E-state index contributed by atoms with van der Waals surface area (Å²) in [4.78, 5) is 0. The number of aliphatic hydroxyl groups excluding tert-OH is 1. The molecule has 6 heteroatoms. The molecule has 19 heavy (non-hydrogen) atoms. The van der Waals surface area contributed by atoms with E-state index < -0.39 is 15.9 Å². The summed E-state index contributed by atoms with van der Waals surface area (Å²) in [6, 6.07) is 5.16. The summed E-state index contributed by atoms with van der Waals surface area (Å²) in [5.74, 6) is 1.17. The van der Waals surface area contributed by atoms with Crippen molar-refractivity contribution in [2.24, 2.45) is 0 Å². The summed E-state index contributed by atoms with van der Waals surface area (Å²) in [7, 11) is -1.44. The first-order valence-electron chi connectivity index (χ1n) is 6.00. The highest BCUT2D eigenvalue weighted by Gasteiger charge is 2.09. The van der Waals surface area contributed by atoms with Gasteiger partial charge in [0, 0.05) is 6.26 Å². The maximum absolute atomic E-state index is 11.0. The van der Waals surface area contributed by atoms with Crippen LogP contribution in [0.4, 0.5) is 0 Å². The summed E-state index contributed by atoms with van der Waals surface area (Å²) in [5.41, 5.74) is 0.736. The second-order valence-electron chi connectivity index (χ2n) is 4.42. The summed E-state index contributed by atoms with van der Waals surface area (Å²) < 4.78 is 32.6. The fraction of sp³-hybridized carbons (Fsp3) is 0.538. The van der Waals surface area contributed by atoms with Gasteiger partial charge in [-0.05, 0) is 31.0 Å². The van der Waals surface area contributed by atoms with Crippen LogP contribution in [0.25, 0.3) is 0 Å². The zero-order valence-electron chi connectivity index (χ0n) is 11.4. The molecule has 0 aliphatic carbocycles. The van der Waals surface area contributed by atoms with Crippen molar-refractivity contribution in [3.63, 3.8) is 0 Å². The highest BCUT2D eigenvalue weighted by molar-refractivity contribution is 7.90. The highest BCUT2D eigenvalue weighted by atomic mass is 32.2. The molecule has 0 saturated heterocycles. The molecule has 1 unspecified atom stereocenters. The van der Waals surface area contributed by atoms with Gasteiger partial charge in [-0.1, -0.05) is 6.07 Å². The SMILES string of the molecule is COc1cc(C(C)O)ccc1OCCCS(C)(=O)=O. The molecule has 0 saturated carbocycles. The van der Waals surface area contributed by atoms with Gasteiger partial charge in [0.05, 0.1) is 25.6 Å². The lowest BCUT2D eigenvalue weighted by Crippen LogP contribution is -2.08. The molecule has 0 aliphatic heterocycles. The van der Waals surface area contributed by atoms with Gasteiger partial charge in [0.25, 0.3) is 0 Å². The third kappa shape index (κ3) is 5.48. The Kier molecular flexibility index (Phi) is 5.62. The van der Waals surface area contributed by atoms with Crippen molar-refractivity contribution in [3.05, 3.63) is 23.8 Å². The molecule has 108 valence electrons. The molecule has 1 rings (SSSR count). The van der Waals surface area contributed by atoms with Crippen LogP contribution < -0.4 is 9.47 Å². The molecule has 1 aromatic carbocycles. The van der Waals surface area contributed by atoms with E-state index in [-0.39, 0.29) is 5.75 Å². The van der Waals surface area contributed by atoms with Crippen molar-refractivity contribution >= 4 is 9.84 Å². The van der Waals surface area contributed by atoms with E-state index in [1.807, 2.05) is 0 Å². The first kappa shape index (κ1) is 15.8. The van der Waals surface area contributed by atoms with E-state index in [1.165, 1.54) is 13.4 Å². The lowest BCUT2D eigenvalue weighted by Gasteiger charge is -2.13. The topological polar surface area (TPSA) is 72.8 Å². The van der Waals surface area contributed by atoms with Crippen molar-refractivity contribution in [3.8, 4) is 11.5 Å². The van der Waals surface area contributed by atoms with Crippen LogP contribution >= 0.6 is 0 Å². The number of hydrogen-bond acceptors (Lipinski definition) is 5. The fourth-order valence-electron chi connectivity index (χ4n) is 1.57. The van der Waals surface area contributed by atoms with Gasteiger partial charge in [0.15, 0.2) is 11.5 Å². The molecule has 0 aromatic heterocycles. The number of methoxy groups -OCH3 is 1. The molecule has 1 N–H and O–H groups in total. The van der Waals surface area contributed by atoms with E-state index >= 15 is 0 Å². The molecule has 0 aliphatic rings. The maximum atomic E-state index is 11.0. The number of ether oxygens (including phenoxy) is 2. The van der Waals surface area contributed by atoms with Crippen LogP contribution in [0.3, 0.4) is 0 Å². The van der Waals surface area contributed by atoms with E-state index in [2.05, 4.69) is 0 Å². The first-order valence-corrected chi connectivity index (χ1v) is 8.06.